The number of anilines is 1. The lowest BCUT2D eigenvalue weighted by atomic mass is 9.81. The highest BCUT2D eigenvalue weighted by molar-refractivity contribution is 5.81. The van der Waals surface area contributed by atoms with E-state index in [1.165, 1.54) is 0 Å². The van der Waals surface area contributed by atoms with Crippen molar-refractivity contribution in [3.05, 3.63) is 17.5 Å². The maximum Gasteiger partial charge on any atom is 0.225 e. The minimum absolute atomic E-state index is 0.239. The summed E-state index contributed by atoms with van der Waals surface area (Å²) in [5, 5.41) is 0. The molecule has 1 unspecified atom stereocenters. The maximum absolute atomic E-state index is 11.5. The van der Waals surface area contributed by atoms with Gasteiger partial charge in [-0.1, -0.05) is 0 Å². The largest absolute Gasteiger partial charge is 0.369 e. The van der Waals surface area contributed by atoms with Crippen molar-refractivity contribution < 1.29 is 4.79 Å². The van der Waals surface area contributed by atoms with E-state index < -0.39 is 5.41 Å². The average Bonchev–Trinajstić information content (AvgIpc) is 2.27. The molecule has 2 rings (SSSR count). The smallest absolute Gasteiger partial charge is 0.225 e. The number of nitrogens with two attached hydrogens (primary N) is 1. The van der Waals surface area contributed by atoms with E-state index in [2.05, 4.69) is 14.9 Å². The van der Waals surface area contributed by atoms with Gasteiger partial charge >= 0.3 is 0 Å². The highest BCUT2D eigenvalue weighted by Gasteiger charge is 2.37. The number of primary amides is 1. The van der Waals surface area contributed by atoms with Gasteiger partial charge in [-0.15, -0.1) is 0 Å². The molecule has 1 fully saturated rings. The molecule has 1 aliphatic rings. The van der Waals surface area contributed by atoms with Crippen LogP contribution in [0.2, 0.25) is 0 Å². The Kier molecular flexibility index (Phi) is 3.24. The van der Waals surface area contributed by atoms with Gasteiger partial charge in [0.15, 0.2) is 0 Å². The maximum atomic E-state index is 11.5. The van der Waals surface area contributed by atoms with E-state index in [1.807, 2.05) is 26.8 Å². The third kappa shape index (κ3) is 2.44. The standard InChI is InChI=1S/C13H20N4O/c1-9-7-10(2)16-12(15-9)17-6-4-5-13(3,8-17)11(14)18/h7H,4-6,8H2,1-3H3,(H2,14,18). The molecule has 98 valence electrons. The molecule has 0 saturated carbocycles. The van der Waals surface area contributed by atoms with Gasteiger partial charge in [0.1, 0.15) is 0 Å². The Hall–Kier alpha value is -1.65. The number of aromatic nitrogens is 2. The number of carbonyl (C=O) groups is 1. The van der Waals surface area contributed by atoms with Crippen LogP contribution in [0.15, 0.2) is 6.07 Å². The van der Waals surface area contributed by atoms with Crippen molar-refractivity contribution in [2.75, 3.05) is 18.0 Å². The first kappa shape index (κ1) is 12.8. The number of nitrogens with zero attached hydrogens (tertiary/aromatic N) is 3. The molecule has 0 aliphatic carbocycles. The average molecular weight is 248 g/mol. The second kappa shape index (κ2) is 4.55. The Morgan fingerprint density at radius 1 is 1.39 bits per heavy atom. The van der Waals surface area contributed by atoms with E-state index in [0.29, 0.717) is 12.5 Å². The van der Waals surface area contributed by atoms with Crippen molar-refractivity contribution in [1.29, 1.82) is 0 Å². The number of hydrogen-bond donors (Lipinski definition) is 1. The zero-order valence-corrected chi connectivity index (χ0v) is 11.2. The van der Waals surface area contributed by atoms with Gasteiger partial charge in [0.2, 0.25) is 11.9 Å². The second-order valence-electron chi connectivity index (χ2n) is 5.40. The van der Waals surface area contributed by atoms with Crippen molar-refractivity contribution in [2.45, 2.75) is 33.6 Å². The van der Waals surface area contributed by atoms with E-state index in [4.69, 9.17) is 5.73 Å². The van der Waals surface area contributed by atoms with Gasteiger partial charge in [0.05, 0.1) is 5.41 Å². The second-order valence-corrected chi connectivity index (χ2v) is 5.40. The molecule has 0 bridgehead atoms. The summed E-state index contributed by atoms with van der Waals surface area (Å²) < 4.78 is 0. The highest BCUT2D eigenvalue weighted by Crippen LogP contribution is 2.30. The van der Waals surface area contributed by atoms with Gasteiger partial charge in [0.25, 0.3) is 0 Å². The van der Waals surface area contributed by atoms with Crippen molar-refractivity contribution in [3.8, 4) is 0 Å². The molecule has 0 radical (unpaired) electrons. The van der Waals surface area contributed by atoms with Gasteiger partial charge in [-0.2, -0.15) is 0 Å². The molecule has 0 aromatic carbocycles. The molecular formula is C13H20N4O. The molecule has 1 amide bonds. The molecule has 1 aliphatic heterocycles. The van der Waals surface area contributed by atoms with E-state index in [0.717, 1.165) is 30.8 Å². The normalized spacial score (nSPS) is 24.1. The fourth-order valence-corrected chi connectivity index (χ4v) is 2.46. The first-order valence-corrected chi connectivity index (χ1v) is 6.28. The van der Waals surface area contributed by atoms with Crippen LogP contribution < -0.4 is 10.6 Å². The number of rotatable bonds is 2. The lowest BCUT2D eigenvalue weighted by Gasteiger charge is -2.38. The quantitative estimate of drug-likeness (QED) is 0.853. The van der Waals surface area contributed by atoms with Crippen molar-refractivity contribution in [2.24, 2.45) is 11.1 Å². The Labute approximate surface area is 107 Å². The molecule has 0 spiro atoms. The highest BCUT2D eigenvalue weighted by atomic mass is 16.1. The van der Waals surface area contributed by atoms with Crippen LogP contribution in [-0.4, -0.2) is 29.0 Å². The summed E-state index contributed by atoms with van der Waals surface area (Å²) in [6.07, 6.45) is 1.78. The van der Waals surface area contributed by atoms with Crippen LogP contribution in [0.4, 0.5) is 5.95 Å². The van der Waals surface area contributed by atoms with Crippen LogP contribution in [-0.2, 0) is 4.79 Å². The Morgan fingerprint density at radius 3 is 2.56 bits per heavy atom. The van der Waals surface area contributed by atoms with Crippen LogP contribution >= 0.6 is 0 Å². The van der Waals surface area contributed by atoms with Crippen LogP contribution in [0.3, 0.4) is 0 Å². The van der Waals surface area contributed by atoms with Gasteiger partial charge in [-0.25, -0.2) is 9.97 Å². The molecular weight excluding hydrogens is 228 g/mol. The predicted octanol–water partition coefficient (Wildman–Crippen LogP) is 1.19. The van der Waals surface area contributed by atoms with E-state index >= 15 is 0 Å². The van der Waals surface area contributed by atoms with Crippen molar-refractivity contribution in [3.63, 3.8) is 0 Å². The fraction of sp³-hybridized carbons (Fsp3) is 0.615. The Balaban J connectivity index is 2.26. The molecule has 5 heteroatoms. The number of aryl methyl sites for hydroxylation is 2. The summed E-state index contributed by atoms with van der Waals surface area (Å²) in [6, 6.07) is 1.95. The topological polar surface area (TPSA) is 72.1 Å². The summed E-state index contributed by atoms with van der Waals surface area (Å²) in [4.78, 5) is 22.5. The molecule has 2 heterocycles. The predicted molar refractivity (Wildman–Crippen MR) is 70.3 cm³/mol. The molecule has 1 atom stereocenters. The van der Waals surface area contributed by atoms with Gasteiger partial charge in [-0.05, 0) is 39.7 Å². The zero-order chi connectivity index (χ0) is 13.3. The molecule has 2 N–H and O–H groups in total. The molecule has 1 aromatic heterocycles. The molecule has 18 heavy (non-hydrogen) atoms. The van der Waals surface area contributed by atoms with E-state index in [-0.39, 0.29) is 5.91 Å². The lowest BCUT2D eigenvalue weighted by molar-refractivity contribution is -0.127. The van der Waals surface area contributed by atoms with Gasteiger partial charge in [0, 0.05) is 24.5 Å². The summed E-state index contributed by atoms with van der Waals surface area (Å²) in [7, 11) is 0. The molecule has 1 aromatic rings. The molecule has 5 nitrogen and oxygen atoms in total. The first-order valence-electron chi connectivity index (χ1n) is 6.28. The third-order valence-corrected chi connectivity index (χ3v) is 3.54. The minimum Gasteiger partial charge on any atom is -0.369 e. The summed E-state index contributed by atoms with van der Waals surface area (Å²) >= 11 is 0. The first-order chi connectivity index (χ1) is 8.40. The number of carbonyl (C=O) groups excluding carboxylic acids is 1. The zero-order valence-electron chi connectivity index (χ0n) is 11.2. The van der Waals surface area contributed by atoms with Crippen molar-refractivity contribution in [1.82, 2.24) is 9.97 Å². The lowest BCUT2D eigenvalue weighted by Crippen LogP contribution is -2.49. The monoisotopic (exact) mass is 248 g/mol. The van der Waals surface area contributed by atoms with Crippen LogP contribution in [0, 0.1) is 19.3 Å². The SMILES string of the molecule is Cc1cc(C)nc(N2CCCC(C)(C(N)=O)C2)n1. The number of hydrogen-bond acceptors (Lipinski definition) is 4. The number of amides is 1. The minimum atomic E-state index is -0.473. The fourth-order valence-electron chi connectivity index (χ4n) is 2.46. The van der Waals surface area contributed by atoms with Crippen LogP contribution in [0.5, 0.6) is 0 Å². The summed E-state index contributed by atoms with van der Waals surface area (Å²) in [6.45, 7) is 7.31. The van der Waals surface area contributed by atoms with Crippen LogP contribution in [0.25, 0.3) is 0 Å². The van der Waals surface area contributed by atoms with Crippen molar-refractivity contribution >= 4 is 11.9 Å². The summed E-state index contributed by atoms with van der Waals surface area (Å²) in [5.74, 6) is 0.469. The Bertz CT molecular complexity index is 454. The molecule has 1 saturated heterocycles. The number of piperidine rings is 1. The third-order valence-electron chi connectivity index (χ3n) is 3.54. The van der Waals surface area contributed by atoms with E-state index in [1.54, 1.807) is 0 Å². The van der Waals surface area contributed by atoms with E-state index in [9.17, 15) is 4.79 Å². The van der Waals surface area contributed by atoms with Gasteiger partial charge in [-0.3, -0.25) is 4.79 Å². The van der Waals surface area contributed by atoms with Crippen LogP contribution in [0.1, 0.15) is 31.2 Å². The summed E-state index contributed by atoms with van der Waals surface area (Å²) in [5.41, 5.74) is 6.92. The Morgan fingerprint density at radius 2 is 2.00 bits per heavy atom. The van der Waals surface area contributed by atoms with Gasteiger partial charge < -0.3 is 10.6 Å².